The van der Waals surface area contributed by atoms with E-state index in [9.17, 15) is 13.2 Å². The lowest BCUT2D eigenvalue weighted by molar-refractivity contribution is -0.137. The van der Waals surface area contributed by atoms with Gasteiger partial charge in [0.2, 0.25) is 0 Å². The van der Waals surface area contributed by atoms with Gasteiger partial charge in [-0.3, -0.25) is 0 Å². The summed E-state index contributed by atoms with van der Waals surface area (Å²) in [6, 6.07) is 12.3. The van der Waals surface area contributed by atoms with Crippen molar-refractivity contribution in [2.45, 2.75) is 13.1 Å². The standard InChI is InChI=1S/C18H12F3N3O.ClH/c1-10-22-15-13-7-2-3-8-14(13)25-16(15)17(23-10)24-12-6-4-5-11(9-12)18(19,20)21;/h2-9H,1H3,(H,22,23,24);1H. The van der Waals surface area contributed by atoms with Crippen LogP contribution >= 0.6 is 12.4 Å². The fourth-order valence-electron chi connectivity index (χ4n) is 2.70. The Morgan fingerprint density at radius 3 is 2.54 bits per heavy atom. The zero-order chi connectivity index (χ0) is 17.6. The Morgan fingerprint density at radius 2 is 1.77 bits per heavy atom. The van der Waals surface area contributed by atoms with Crippen LogP contribution in [0.2, 0.25) is 0 Å². The minimum atomic E-state index is -4.41. The summed E-state index contributed by atoms with van der Waals surface area (Å²) in [5.41, 5.74) is 1.21. The van der Waals surface area contributed by atoms with Gasteiger partial charge in [-0.2, -0.15) is 13.2 Å². The fraction of sp³-hybridized carbons (Fsp3) is 0.111. The van der Waals surface area contributed by atoms with E-state index in [0.29, 0.717) is 28.3 Å². The van der Waals surface area contributed by atoms with Gasteiger partial charge >= 0.3 is 6.18 Å². The summed E-state index contributed by atoms with van der Waals surface area (Å²) in [4.78, 5) is 8.68. The Hall–Kier alpha value is -2.80. The summed E-state index contributed by atoms with van der Waals surface area (Å²) in [6.45, 7) is 1.72. The predicted molar refractivity (Wildman–Crippen MR) is 96.0 cm³/mol. The van der Waals surface area contributed by atoms with Gasteiger partial charge in [0.1, 0.15) is 16.9 Å². The zero-order valence-electron chi connectivity index (χ0n) is 13.5. The highest BCUT2D eigenvalue weighted by atomic mass is 35.5. The highest BCUT2D eigenvalue weighted by Crippen LogP contribution is 2.34. The summed E-state index contributed by atoms with van der Waals surface area (Å²) in [6.07, 6.45) is -4.41. The van der Waals surface area contributed by atoms with E-state index < -0.39 is 11.7 Å². The fourth-order valence-corrected chi connectivity index (χ4v) is 2.70. The van der Waals surface area contributed by atoms with Crippen LogP contribution in [0.3, 0.4) is 0 Å². The highest BCUT2D eigenvalue weighted by molar-refractivity contribution is 6.06. The quantitative estimate of drug-likeness (QED) is 0.473. The molecule has 26 heavy (non-hydrogen) atoms. The molecule has 0 fully saturated rings. The number of furan rings is 1. The second-order valence-corrected chi connectivity index (χ2v) is 5.60. The van der Waals surface area contributed by atoms with Crippen molar-refractivity contribution in [3.05, 3.63) is 59.9 Å². The third kappa shape index (κ3) is 3.17. The summed E-state index contributed by atoms with van der Waals surface area (Å²) in [5, 5.41) is 3.75. The second-order valence-electron chi connectivity index (χ2n) is 5.60. The van der Waals surface area contributed by atoms with Crippen molar-refractivity contribution in [3.63, 3.8) is 0 Å². The molecule has 0 aliphatic rings. The number of aromatic nitrogens is 2. The van der Waals surface area contributed by atoms with Crippen LogP contribution in [-0.4, -0.2) is 9.97 Å². The maximum Gasteiger partial charge on any atom is 0.416 e. The molecule has 4 rings (SSSR count). The Morgan fingerprint density at radius 1 is 1.00 bits per heavy atom. The SMILES string of the molecule is Cc1nc(Nc2cccc(C(F)(F)F)c2)c2oc3ccccc3c2n1.Cl. The molecule has 0 saturated heterocycles. The van der Waals surface area contributed by atoms with Crippen LogP contribution in [0.1, 0.15) is 11.4 Å². The van der Waals surface area contributed by atoms with E-state index in [1.807, 2.05) is 18.2 Å². The molecule has 0 saturated carbocycles. The van der Waals surface area contributed by atoms with E-state index >= 15 is 0 Å². The molecular formula is C18H13ClF3N3O. The first-order valence-electron chi connectivity index (χ1n) is 7.52. The second kappa shape index (κ2) is 6.49. The van der Waals surface area contributed by atoms with Gasteiger partial charge in [-0.15, -0.1) is 12.4 Å². The van der Waals surface area contributed by atoms with Gasteiger partial charge in [0.05, 0.1) is 5.56 Å². The molecule has 4 nitrogen and oxygen atoms in total. The Balaban J connectivity index is 0.00000196. The monoisotopic (exact) mass is 379 g/mol. The first-order chi connectivity index (χ1) is 11.9. The molecule has 0 bridgehead atoms. The number of nitrogens with one attached hydrogen (secondary N) is 1. The number of aryl methyl sites for hydroxylation is 1. The molecule has 4 aromatic rings. The van der Waals surface area contributed by atoms with Gasteiger partial charge in [-0.25, -0.2) is 9.97 Å². The van der Waals surface area contributed by atoms with Crippen molar-refractivity contribution in [1.29, 1.82) is 0 Å². The van der Waals surface area contributed by atoms with E-state index in [0.717, 1.165) is 17.5 Å². The van der Waals surface area contributed by atoms with Crippen LogP contribution in [0.25, 0.3) is 22.1 Å². The number of fused-ring (bicyclic) bond motifs is 3. The van der Waals surface area contributed by atoms with Gasteiger partial charge in [0, 0.05) is 11.1 Å². The molecule has 0 amide bonds. The van der Waals surface area contributed by atoms with Crippen molar-refractivity contribution in [1.82, 2.24) is 9.97 Å². The lowest BCUT2D eigenvalue weighted by atomic mass is 10.2. The lowest BCUT2D eigenvalue weighted by Gasteiger charge is -2.10. The molecule has 0 spiro atoms. The molecule has 134 valence electrons. The van der Waals surface area contributed by atoms with Crippen molar-refractivity contribution in [2.24, 2.45) is 0 Å². The lowest BCUT2D eigenvalue weighted by Crippen LogP contribution is -2.05. The van der Waals surface area contributed by atoms with Crippen LogP contribution in [-0.2, 0) is 6.18 Å². The van der Waals surface area contributed by atoms with Crippen LogP contribution in [0, 0.1) is 6.92 Å². The molecule has 2 heterocycles. The number of hydrogen-bond acceptors (Lipinski definition) is 4. The summed E-state index contributed by atoms with van der Waals surface area (Å²) >= 11 is 0. The summed E-state index contributed by atoms with van der Waals surface area (Å²) in [5.74, 6) is 0.826. The Kier molecular flexibility index (Phi) is 4.50. The normalized spacial score (nSPS) is 11.5. The van der Waals surface area contributed by atoms with Crippen molar-refractivity contribution < 1.29 is 17.6 Å². The first-order valence-corrected chi connectivity index (χ1v) is 7.52. The summed E-state index contributed by atoms with van der Waals surface area (Å²) < 4.78 is 44.5. The number of anilines is 2. The minimum absolute atomic E-state index is 0. The number of benzene rings is 2. The van der Waals surface area contributed by atoms with Gasteiger partial charge in [0.25, 0.3) is 0 Å². The van der Waals surface area contributed by atoms with Crippen molar-refractivity contribution in [3.8, 4) is 0 Å². The first kappa shape index (κ1) is 18.0. The number of nitrogens with zero attached hydrogens (tertiary/aromatic N) is 2. The Bertz CT molecular complexity index is 1090. The number of alkyl halides is 3. The number of hydrogen-bond donors (Lipinski definition) is 1. The smallest absolute Gasteiger partial charge is 0.416 e. The van der Waals surface area contributed by atoms with E-state index in [1.165, 1.54) is 6.07 Å². The average molecular weight is 380 g/mol. The number of para-hydroxylation sites is 1. The third-order valence-electron chi connectivity index (χ3n) is 3.78. The zero-order valence-corrected chi connectivity index (χ0v) is 14.3. The van der Waals surface area contributed by atoms with E-state index in [2.05, 4.69) is 15.3 Å². The summed E-state index contributed by atoms with van der Waals surface area (Å²) in [7, 11) is 0. The molecular weight excluding hydrogens is 367 g/mol. The van der Waals surface area contributed by atoms with Crippen LogP contribution in [0.5, 0.6) is 0 Å². The topological polar surface area (TPSA) is 51.0 Å². The number of rotatable bonds is 2. The minimum Gasteiger partial charge on any atom is -0.450 e. The molecule has 0 unspecified atom stereocenters. The maximum atomic E-state index is 12.9. The average Bonchev–Trinajstić information content (AvgIpc) is 2.93. The van der Waals surface area contributed by atoms with Crippen LogP contribution in [0.4, 0.5) is 24.7 Å². The maximum absolute atomic E-state index is 12.9. The van der Waals surface area contributed by atoms with Crippen molar-refractivity contribution in [2.75, 3.05) is 5.32 Å². The largest absolute Gasteiger partial charge is 0.450 e. The van der Waals surface area contributed by atoms with Gasteiger partial charge < -0.3 is 9.73 Å². The molecule has 0 aliphatic heterocycles. The molecule has 0 aliphatic carbocycles. The molecule has 0 radical (unpaired) electrons. The molecule has 2 aromatic carbocycles. The Labute approximate surface area is 152 Å². The van der Waals surface area contributed by atoms with E-state index in [-0.39, 0.29) is 18.1 Å². The molecule has 8 heteroatoms. The molecule has 1 N–H and O–H groups in total. The van der Waals surface area contributed by atoms with Crippen LogP contribution < -0.4 is 5.32 Å². The third-order valence-corrected chi connectivity index (χ3v) is 3.78. The van der Waals surface area contributed by atoms with Crippen molar-refractivity contribution >= 4 is 46.0 Å². The molecule has 0 atom stereocenters. The van der Waals surface area contributed by atoms with E-state index in [1.54, 1.807) is 19.1 Å². The van der Waals surface area contributed by atoms with Crippen LogP contribution in [0.15, 0.2) is 52.9 Å². The van der Waals surface area contributed by atoms with Gasteiger partial charge in [-0.05, 0) is 37.3 Å². The van der Waals surface area contributed by atoms with Gasteiger partial charge in [0.15, 0.2) is 11.4 Å². The van der Waals surface area contributed by atoms with E-state index in [4.69, 9.17) is 4.42 Å². The van der Waals surface area contributed by atoms with Gasteiger partial charge in [-0.1, -0.05) is 18.2 Å². The molecule has 2 aromatic heterocycles. The predicted octanol–water partition coefficient (Wildman–Crippen LogP) is 5.87. The number of halogens is 4. The highest BCUT2D eigenvalue weighted by Gasteiger charge is 2.30.